The first-order chi connectivity index (χ1) is 11.0. The SMILES string of the molecule is CC(C)(C)[Si](C)(C)OC1CCc2c1nc1c(F)cc(Br)cc1c2N. The van der Waals surface area contributed by atoms with Crippen LogP contribution < -0.4 is 5.73 Å². The zero-order valence-corrected chi connectivity index (χ0v) is 17.4. The molecule has 24 heavy (non-hydrogen) atoms. The molecule has 1 aliphatic rings. The normalized spacial score (nSPS) is 18.2. The number of rotatable bonds is 2. The number of pyridine rings is 1. The van der Waals surface area contributed by atoms with Crippen LogP contribution in [0.4, 0.5) is 10.1 Å². The molecule has 1 aromatic heterocycles. The molecule has 1 heterocycles. The van der Waals surface area contributed by atoms with Gasteiger partial charge in [0.1, 0.15) is 5.52 Å². The largest absolute Gasteiger partial charge is 0.408 e. The van der Waals surface area contributed by atoms with E-state index in [1.165, 1.54) is 6.07 Å². The Kier molecular flexibility index (Phi) is 4.29. The molecule has 1 atom stereocenters. The molecule has 3 rings (SSSR count). The van der Waals surface area contributed by atoms with Gasteiger partial charge in [-0.25, -0.2) is 9.37 Å². The fourth-order valence-electron chi connectivity index (χ4n) is 2.96. The summed E-state index contributed by atoms with van der Waals surface area (Å²) < 4.78 is 21.6. The van der Waals surface area contributed by atoms with Crippen LogP contribution in [0.2, 0.25) is 18.1 Å². The average molecular weight is 411 g/mol. The van der Waals surface area contributed by atoms with Crippen LogP contribution >= 0.6 is 15.9 Å². The predicted octanol–water partition coefficient (Wildman–Crippen LogP) is 5.73. The van der Waals surface area contributed by atoms with E-state index < -0.39 is 8.32 Å². The Bertz CT molecular complexity index is 817. The van der Waals surface area contributed by atoms with E-state index in [2.05, 4.69) is 54.8 Å². The van der Waals surface area contributed by atoms with Crippen LogP contribution in [-0.4, -0.2) is 13.3 Å². The highest BCUT2D eigenvalue weighted by Crippen LogP contribution is 2.45. The number of hydrogen-bond acceptors (Lipinski definition) is 3. The number of hydrogen-bond donors (Lipinski definition) is 1. The van der Waals surface area contributed by atoms with Crippen molar-refractivity contribution in [2.24, 2.45) is 0 Å². The van der Waals surface area contributed by atoms with E-state index in [4.69, 9.17) is 10.2 Å². The lowest BCUT2D eigenvalue weighted by Gasteiger charge is -2.38. The van der Waals surface area contributed by atoms with E-state index in [-0.39, 0.29) is 17.0 Å². The second kappa shape index (κ2) is 5.78. The zero-order valence-electron chi connectivity index (χ0n) is 14.8. The molecule has 0 bridgehead atoms. The number of benzene rings is 1. The maximum Gasteiger partial charge on any atom is 0.192 e. The molecule has 0 amide bonds. The lowest BCUT2D eigenvalue weighted by atomic mass is 10.1. The van der Waals surface area contributed by atoms with E-state index >= 15 is 0 Å². The van der Waals surface area contributed by atoms with Gasteiger partial charge in [0.05, 0.1) is 11.8 Å². The van der Waals surface area contributed by atoms with Crippen LogP contribution in [0.1, 0.15) is 44.6 Å². The topological polar surface area (TPSA) is 48.1 Å². The number of nitrogens with zero attached hydrogens (tertiary/aromatic N) is 1. The van der Waals surface area contributed by atoms with Gasteiger partial charge in [-0.1, -0.05) is 36.7 Å². The van der Waals surface area contributed by atoms with E-state index in [9.17, 15) is 4.39 Å². The second-order valence-corrected chi connectivity index (χ2v) is 13.8. The maximum atomic E-state index is 14.4. The Hall–Kier alpha value is -0.983. The molecule has 0 aliphatic heterocycles. The number of halogens is 2. The van der Waals surface area contributed by atoms with Crippen molar-refractivity contribution < 1.29 is 8.82 Å². The van der Waals surface area contributed by atoms with Crippen molar-refractivity contribution in [3.05, 3.63) is 33.7 Å². The fraction of sp³-hybridized carbons (Fsp3) is 0.500. The fourth-order valence-corrected chi connectivity index (χ4v) is 4.69. The number of anilines is 1. The number of aromatic nitrogens is 1. The summed E-state index contributed by atoms with van der Waals surface area (Å²) in [6, 6.07) is 3.27. The number of fused-ring (bicyclic) bond motifs is 2. The Morgan fingerprint density at radius 1 is 1.33 bits per heavy atom. The Balaban J connectivity index is 2.09. The van der Waals surface area contributed by atoms with Crippen LogP contribution in [0.25, 0.3) is 10.9 Å². The third kappa shape index (κ3) is 2.89. The molecule has 2 N–H and O–H groups in total. The smallest absolute Gasteiger partial charge is 0.192 e. The summed E-state index contributed by atoms with van der Waals surface area (Å²) in [7, 11) is -1.93. The van der Waals surface area contributed by atoms with E-state index in [0.29, 0.717) is 21.1 Å². The quantitative estimate of drug-likeness (QED) is 0.643. The first-order valence-corrected chi connectivity index (χ1v) is 12.0. The van der Waals surface area contributed by atoms with Crippen LogP contribution in [0, 0.1) is 5.82 Å². The van der Waals surface area contributed by atoms with Gasteiger partial charge in [-0.05, 0) is 48.7 Å². The number of nitrogens with two attached hydrogens (primary N) is 1. The highest BCUT2D eigenvalue weighted by atomic mass is 79.9. The third-order valence-electron chi connectivity index (χ3n) is 5.39. The molecule has 0 saturated heterocycles. The van der Waals surface area contributed by atoms with Gasteiger partial charge in [-0.3, -0.25) is 0 Å². The molecule has 6 heteroatoms. The second-order valence-electron chi connectivity index (χ2n) is 8.08. The molecule has 1 aromatic carbocycles. The van der Waals surface area contributed by atoms with Crippen molar-refractivity contribution in [3.8, 4) is 0 Å². The van der Waals surface area contributed by atoms with Gasteiger partial charge >= 0.3 is 0 Å². The molecule has 0 spiro atoms. The first kappa shape index (κ1) is 17.8. The molecule has 1 unspecified atom stereocenters. The van der Waals surface area contributed by atoms with E-state index in [1.807, 2.05) is 6.07 Å². The van der Waals surface area contributed by atoms with Gasteiger partial charge in [0, 0.05) is 15.5 Å². The van der Waals surface area contributed by atoms with Crippen molar-refractivity contribution in [2.75, 3.05) is 5.73 Å². The van der Waals surface area contributed by atoms with E-state index in [1.54, 1.807) is 0 Å². The molecule has 0 fully saturated rings. The Labute approximate surface area is 152 Å². The highest BCUT2D eigenvalue weighted by molar-refractivity contribution is 9.10. The highest BCUT2D eigenvalue weighted by Gasteiger charge is 2.41. The van der Waals surface area contributed by atoms with Gasteiger partial charge in [0.25, 0.3) is 0 Å². The summed E-state index contributed by atoms with van der Waals surface area (Å²) in [6.45, 7) is 11.1. The van der Waals surface area contributed by atoms with Crippen LogP contribution in [0.3, 0.4) is 0 Å². The molecule has 2 aromatic rings. The molecule has 0 saturated carbocycles. The van der Waals surface area contributed by atoms with Crippen LogP contribution in [0.5, 0.6) is 0 Å². The maximum absolute atomic E-state index is 14.4. The molecule has 1 aliphatic carbocycles. The van der Waals surface area contributed by atoms with Crippen molar-refractivity contribution >= 4 is 40.8 Å². The average Bonchev–Trinajstić information content (AvgIpc) is 2.82. The van der Waals surface area contributed by atoms with Gasteiger partial charge < -0.3 is 10.2 Å². The summed E-state index contributed by atoms with van der Waals surface area (Å²) in [5.41, 5.74) is 9.16. The first-order valence-electron chi connectivity index (χ1n) is 8.26. The van der Waals surface area contributed by atoms with Gasteiger partial charge in [-0.15, -0.1) is 0 Å². The minimum atomic E-state index is -1.93. The summed E-state index contributed by atoms with van der Waals surface area (Å²) in [5, 5.41) is 0.794. The predicted molar refractivity (Wildman–Crippen MR) is 103 cm³/mol. The summed E-state index contributed by atoms with van der Waals surface area (Å²) in [4.78, 5) is 4.63. The minimum absolute atomic E-state index is 0.0874. The summed E-state index contributed by atoms with van der Waals surface area (Å²) in [6.07, 6.45) is 1.60. The third-order valence-corrected chi connectivity index (χ3v) is 10.3. The van der Waals surface area contributed by atoms with Crippen molar-refractivity contribution in [1.82, 2.24) is 4.98 Å². The molecular formula is C18H24BrFN2OSi. The standard InChI is InChI=1S/C18H24BrFN2OSi/c1-18(2,3)24(4,5)23-14-7-6-11-15(21)12-8-10(19)9-13(20)16(12)22-17(11)14/h8-9,14H,6-7H2,1-5H3,(H2,21,22). The molecule has 130 valence electrons. The Morgan fingerprint density at radius 2 is 2.00 bits per heavy atom. The molecular weight excluding hydrogens is 387 g/mol. The summed E-state index contributed by atoms with van der Waals surface area (Å²) in [5.74, 6) is -0.355. The van der Waals surface area contributed by atoms with Gasteiger partial charge in [0.15, 0.2) is 14.1 Å². The van der Waals surface area contributed by atoms with Crippen molar-refractivity contribution in [3.63, 3.8) is 0 Å². The summed E-state index contributed by atoms with van der Waals surface area (Å²) >= 11 is 3.33. The van der Waals surface area contributed by atoms with Crippen molar-refractivity contribution in [1.29, 1.82) is 0 Å². The monoisotopic (exact) mass is 410 g/mol. The van der Waals surface area contributed by atoms with Gasteiger partial charge in [-0.2, -0.15) is 0 Å². The lowest BCUT2D eigenvalue weighted by molar-refractivity contribution is 0.181. The van der Waals surface area contributed by atoms with Crippen LogP contribution in [-0.2, 0) is 10.8 Å². The molecule has 0 radical (unpaired) electrons. The molecule has 3 nitrogen and oxygen atoms in total. The zero-order chi connectivity index (χ0) is 17.9. The number of nitrogen functional groups attached to an aromatic ring is 1. The van der Waals surface area contributed by atoms with Gasteiger partial charge in [0.2, 0.25) is 0 Å². The van der Waals surface area contributed by atoms with Crippen molar-refractivity contribution in [2.45, 2.75) is 57.8 Å². The minimum Gasteiger partial charge on any atom is -0.408 e. The van der Waals surface area contributed by atoms with Crippen LogP contribution in [0.15, 0.2) is 16.6 Å². The van der Waals surface area contributed by atoms with E-state index in [0.717, 1.165) is 24.1 Å². The Morgan fingerprint density at radius 3 is 2.62 bits per heavy atom. The lowest BCUT2D eigenvalue weighted by Crippen LogP contribution is -2.41.